The van der Waals surface area contributed by atoms with E-state index in [2.05, 4.69) is 32.6 Å². The van der Waals surface area contributed by atoms with Crippen LogP contribution in [0.2, 0.25) is 0 Å². The van der Waals surface area contributed by atoms with E-state index >= 15 is 0 Å². The maximum Gasteiger partial charge on any atom is 0.337 e. The van der Waals surface area contributed by atoms with Gasteiger partial charge in [0.05, 0.1) is 12.7 Å². The van der Waals surface area contributed by atoms with Gasteiger partial charge in [0, 0.05) is 12.1 Å². The molecule has 152 valence electrons. The highest BCUT2D eigenvalue weighted by Gasteiger charge is 2.29. The van der Waals surface area contributed by atoms with Crippen molar-refractivity contribution in [1.29, 1.82) is 0 Å². The molecule has 1 saturated carbocycles. The molecule has 1 aliphatic carbocycles. The van der Waals surface area contributed by atoms with E-state index in [0.29, 0.717) is 29.3 Å². The minimum absolute atomic E-state index is 0.273. The summed E-state index contributed by atoms with van der Waals surface area (Å²) in [6.07, 6.45) is 7.24. The van der Waals surface area contributed by atoms with Gasteiger partial charge in [0.1, 0.15) is 5.75 Å². The van der Waals surface area contributed by atoms with E-state index in [1.54, 1.807) is 12.1 Å². The average molecular weight is 376 g/mol. The number of benzene rings is 1. The third-order valence-corrected chi connectivity index (χ3v) is 6.09. The van der Waals surface area contributed by atoms with Gasteiger partial charge in [-0.1, -0.05) is 19.3 Å². The predicted molar refractivity (Wildman–Crippen MR) is 110 cm³/mol. The van der Waals surface area contributed by atoms with Crippen LogP contribution in [0.3, 0.4) is 0 Å². The van der Waals surface area contributed by atoms with Crippen molar-refractivity contribution in [2.75, 3.05) is 13.7 Å². The maximum atomic E-state index is 12.0. The van der Waals surface area contributed by atoms with Crippen LogP contribution in [0, 0.1) is 5.92 Å². The molecule has 1 atom stereocenters. The highest BCUT2D eigenvalue weighted by molar-refractivity contribution is 5.89. The minimum atomic E-state index is -0.343. The summed E-state index contributed by atoms with van der Waals surface area (Å²) in [4.78, 5) is 14.5. The standard InChI is InChI=1S/C23H37NO3/c1-16(2)24(17(3)4)14-13-20(18-9-7-6-8-10-18)21-15-19(23(26)27-5)11-12-22(21)25/h11-12,15-18,20,25H,6-10,13-14H2,1-5H3. The van der Waals surface area contributed by atoms with Crippen molar-refractivity contribution in [2.45, 2.75) is 84.2 Å². The Hall–Kier alpha value is -1.55. The number of esters is 1. The van der Waals surface area contributed by atoms with E-state index in [-0.39, 0.29) is 11.9 Å². The van der Waals surface area contributed by atoms with E-state index in [9.17, 15) is 9.90 Å². The van der Waals surface area contributed by atoms with Crippen molar-refractivity contribution in [2.24, 2.45) is 5.92 Å². The maximum absolute atomic E-state index is 12.0. The number of carbonyl (C=O) groups is 1. The lowest BCUT2D eigenvalue weighted by Crippen LogP contribution is -2.38. The Kier molecular flexibility index (Phi) is 8.15. The van der Waals surface area contributed by atoms with E-state index in [1.807, 2.05) is 6.07 Å². The number of hydrogen-bond donors (Lipinski definition) is 1. The van der Waals surface area contributed by atoms with Crippen molar-refractivity contribution in [1.82, 2.24) is 4.90 Å². The van der Waals surface area contributed by atoms with Gasteiger partial charge in [0.15, 0.2) is 0 Å². The Morgan fingerprint density at radius 3 is 2.33 bits per heavy atom. The molecule has 27 heavy (non-hydrogen) atoms. The third kappa shape index (κ3) is 5.71. The molecule has 1 aromatic rings. The summed E-state index contributed by atoms with van der Waals surface area (Å²) in [5, 5.41) is 10.6. The van der Waals surface area contributed by atoms with E-state index in [0.717, 1.165) is 18.5 Å². The monoisotopic (exact) mass is 375 g/mol. The van der Waals surface area contributed by atoms with Gasteiger partial charge in [0.25, 0.3) is 0 Å². The zero-order chi connectivity index (χ0) is 20.0. The molecule has 1 unspecified atom stereocenters. The lowest BCUT2D eigenvalue weighted by molar-refractivity contribution is 0.0600. The predicted octanol–water partition coefficient (Wildman–Crippen LogP) is 5.35. The lowest BCUT2D eigenvalue weighted by atomic mass is 9.74. The molecule has 0 aliphatic heterocycles. The summed E-state index contributed by atoms with van der Waals surface area (Å²) in [6, 6.07) is 6.14. The van der Waals surface area contributed by atoms with Crippen molar-refractivity contribution in [3.8, 4) is 5.75 Å². The zero-order valence-electron chi connectivity index (χ0n) is 17.7. The van der Waals surface area contributed by atoms with Crippen LogP contribution in [0.4, 0.5) is 0 Å². The molecular formula is C23H37NO3. The highest BCUT2D eigenvalue weighted by Crippen LogP contribution is 2.42. The van der Waals surface area contributed by atoms with Crippen molar-refractivity contribution < 1.29 is 14.6 Å². The number of ether oxygens (including phenoxy) is 1. The summed E-state index contributed by atoms with van der Waals surface area (Å²) in [5.74, 6) is 0.803. The Morgan fingerprint density at radius 2 is 1.78 bits per heavy atom. The molecule has 0 amide bonds. The number of nitrogens with zero attached hydrogens (tertiary/aromatic N) is 1. The van der Waals surface area contributed by atoms with Crippen LogP contribution in [0.5, 0.6) is 5.75 Å². The second-order valence-electron chi connectivity index (χ2n) is 8.48. The van der Waals surface area contributed by atoms with Gasteiger partial charge in [-0.05, 0) is 89.1 Å². The first-order chi connectivity index (χ1) is 12.8. The number of phenolic OH excluding ortho intramolecular Hbond substituents is 1. The van der Waals surface area contributed by atoms with Crippen LogP contribution in [-0.4, -0.2) is 41.7 Å². The van der Waals surface area contributed by atoms with E-state index < -0.39 is 0 Å². The summed E-state index contributed by atoms with van der Waals surface area (Å²) in [5.41, 5.74) is 1.44. The molecule has 1 aliphatic rings. The quantitative estimate of drug-likeness (QED) is 0.622. The smallest absolute Gasteiger partial charge is 0.337 e. The Morgan fingerprint density at radius 1 is 1.15 bits per heavy atom. The van der Waals surface area contributed by atoms with E-state index in [4.69, 9.17) is 4.74 Å². The molecule has 4 nitrogen and oxygen atoms in total. The van der Waals surface area contributed by atoms with E-state index in [1.165, 1.54) is 39.2 Å². The van der Waals surface area contributed by atoms with Gasteiger partial charge in [-0.2, -0.15) is 0 Å². The third-order valence-electron chi connectivity index (χ3n) is 6.09. The largest absolute Gasteiger partial charge is 0.508 e. The summed E-state index contributed by atoms with van der Waals surface area (Å²) in [6.45, 7) is 9.96. The molecule has 2 rings (SSSR count). The molecule has 0 saturated heterocycles. The molecular weight excluding hydrogens is 338 g/mol. The molecule has 0 spiro atoms. The molecule has 1 aromatic carbocycles. The summed E-state index contributed by atoms with van der Waals surface area (Å²) >= 11 is 0. The van der Waals surface area contributed by atoms with Gasteiger partial charge in [-0.15, -0.1) is 0 Å². The Labute approximate surface area is 164 Å². The number of hydrogen-bond acceptors (Lipinski definition) is 4. The Bertz CT molecular complexity index is 598. The van der Waals surface area contributed by atoms with Crippen LogP contribution in [-0.2, 0) is 4.74 Å². The number of carbonyl (C=O) groups excluding carboxylic acids is 1. The first-order valence-electron chi connectivity index (χ1n) is 10.5. The van der Waals surface area contributed by atoms with Crippen LogP contribution in [0.15, 0.2) is 18.2 Å². The molecule has 0 radical (unpaired) electrons. The fraction of sp³-hybridized carbons (Fsp3) is 0.696. The first kappa shape index (κ1) is 21.7. The number of phenols is 1. The summed E-state index contributed by atoms with van der Waals surface area (Å²) in [7, 11) is 1.40. The minimum Gasteiger partial charge on any atom is -0.508 e. The Balaban J connectivity index is 2.30. The normalized spacial score (nSPS) is 16.9. The fourth-order valence-electron chi connectivity index (χ4n) is 4.68. The zero-order valence-corrected chi connectivity index (χ0v) is 17.7. The number of rotatable bonds is 8. The van der Waals surface area contributed by atoms with Gasteiger partial charge >= 0.3 is 5.97 Å². The first-order valence-corrected chi connectivity index (χ1v) is 10.5. The SMILES string of the molecule is COC(=O)c1ccc(O)c(C(CCN(C(C)C)C(C)C)C2CCCCC2)c1. The number of methoxy groups -OCH3 is 1. The van der Waals surface area contributed by atoms with Crippen LogP contribution in [0.25, 0.3) is 0 Å². The average Bonchev–Trinajstić information content (AvgIpc) is 2.65. The molecule has 4 heteroatoms. The van der Waals surface area contributed by atoms with Gasteiger partial charge < -0.3 is 9.84 Å². The van der Waals surface area contributed by atoms with Gasteiger partial charge in [-0.3, -0.25) is 4.90 Å². The second-order valence-corrected chi connectivity index (χ2v) is 8.48. The highest BCUT2D eigenvalue weighted by atomic mass is 16.5. The van der Waals surface area contributed by atoms with Crippen molar-refractivity contribution in [3.63, 3.8) is 0 Å². The van der Waals surface area contributed by atoms with Crippen LogP contribution in [0.1, 0.15) is 88.1 Å². The van der Waals surface area contributed by atoms with Crippen molar-refractivity contribution >= 4 is 5.97 Å². The molecule has 1 fully saturated rings. The molecule has 0 bridgehead atoms. The fourth-order valence-corrected chi connectivity index (χ4v) is 4.68. The van der Waals surface area contributed by atoms with Crippen LogP contribution >= 0.6 is 0 Å². The van der Waals surface area contributed by atoms with Gasteiger partial charge in [-0.25, -0.2) is 4.79 Å². The van der Waals surface area contributed by atoms with Crippen LogP contribution < -0.4 is 0 Å². The van der Waals surface area contributed by atoms with Gasteiger partial charge in [0.2, 0.25) is 0 Å². The summed E-state index contributed by atoms with van der Waals surface area (Å²) < 4.78 is 4.89. The van der Waals surface area contributed by atoms with Crippen molar-refractivity contribution in [3.05, 3.63) is 29.3 Å². The molecule has 0 aromatic heterocycles. The molecule has 0 heterocycles. The second kappa shape index (κ2) is 10.1. The number of aromatic hydroxyl groups is 1. The lowest BCUT2D eigenvalue weighted by Gasteiger charge is -2.35. The topological polar surface area (TPSA) is 49.8 Å². The molecule has 1 N–H and O–H groups in total.